The summed E-state index contributed by atoms with van der Waals surface area (Å²) in [5, 5.41) is 0. The molecule has 0 spiro atoms. The Morgan fingerprint density at radius 1 is 1.27 bits per heavy atom. The third-order valence-electron chi connectivity index (χ3n) is 2.50. The van der Waals surface area contributed by atoms with Crippen molar-refractivity contribution < 1.29 is 4.79 Å². The van der Waals surface area contributed by atoms with Gasteiger partial charge in [-0.25, -0.2) is 0 Å². The van der Waals surface area contributed by atoms with Crippen LogP contribution >= 0.6 is 0 Å². The number of ketones is 1. The Labute approximate surface area is 91.8 Å². The molecule has 0 N–H and O–H groups in total. The van der Waals surface area contributed by atoms with Gasteiger partial charge in [-0.2, -0.15) is 0 Å². The van der Waals surface area contributed by atoms with Gasteiger partial charge in [-0.05, 0) is 43.9 Å². The summed E-state index contributed by atoms with van der Waals surface area (Å²) >= 11 is 0. The number of carbonyl (C=O) groups is 1. The maximum Gasteiger partial charge on any atom is 0.130 e. The summed E-state index contributed by atoms with van der Waals surface area (Å²) in [6.45, 7) is 5.85. The average molecular weight is 202 g/mol. The van der Waals surface area contributed by atoms with E-state index in [0.717, 1.165) is 6.42 Å². The van der Waals surface area contributed by atoms with E-state index in [2.05, 4.69) is 44.2 Å². The molecule has 0 saturated carbocycles. The number of hydrogen-bond acceptors (Lipinski definition) is 1. The minimum atomic E-state index is 0.250. The van der Waals surface area contributed by atoms with Crippen LogP contribution in [-0.2, 0) is 4.79 Å². The molecule has 0 aromatic heterocycles. The number of Topliss-reactive ketones (excluding diaryl/α,β-unsaturated/α-hetero) is 1. The highest BCUT2D eigenvalue weighted by Gasteiger charge is 1.93. The Morgan fingerprint density at radius 2 is 2.00 bits per heavy atom. The SMILES string of the molecule is CC(=O)CC/C=C/c1ccc(C)c(C)c1. The van der Waals surface area contributed by atoms with Crippen LogP contribution < -0.4 is 0 Å². The molecule has 0 aliphatic carbocycles. The van der Waals surface area contributed by atoms with Crippen LogP contribution in [0.2, 0.25) is 0 Å². The van der Waals surface area contributed by atoms with E-state index in [0.29, 0.717) is 6.42 Å². The number of rotatable bonds is 4. The predicted octanol–water partition coefficient (Wildman–Crippen LogP) is 3.69. The van der Waals surface area contributed by atoms with Crippen molar-refractivity contribution in [1.82, 2.24) is 0 Å². The van der Waals surface area contributed by atoms with Gasteiger partial charge in [0.1, 0.15) is 5.78 Å². The molecule has 0 atom stereocenters. The second kappa shape index (κ2) is 5.50. The van der Waals surface area contributed by atoms with Gasteiger partial charge in [-0.15, -0.1) is 0 Å². The van der Waals surface area contributed by atoms with Gasteiger partial charge in [-0.3, -0.25) is 0 Å². The van der Waals surface area contributed by atoms with E-state index in [1.54, 1.807) is 6.92 Å². The van der Waals surface area contributed by atoms with E-state index in [1.807, 2.05) is 0 Å². The number of carbonyl (C=O) groups excluding carboxylic acids is 1. The second-order valence-electron chi connectivity index (χ2n) is 3.99. The van der Waals surface area contributed by atoms with Crippen LogP contribution in [0.25, 0.3) is 6.08 Å². The van der Waals surface area contributed by atoms with Gasteiger partial charge in [0.2, 0.25) is 0 Å². The van der Waals surface area contributed by atoms with E-state index in [1.165, 1.54) is 16.7 Å². The quantitative estimate of drug-likeness (QED) is 0.727. The highest BCUT2D eigenvalue weighted by Crippen LogP contribution is 2.11. The molecule has 0 saturated heterocycles. The Bertz CT molecular complexity index is 375. The van der Waals surface area contributed by atoms with Crippen LogP contribution in [0.15, 0.2) is 24.3 Å². The summed E-state index contributed by atoms with van der Waals surface area (Å²) in [5.41, 5.74) is 3.83. The summed E-state index contributed by atoms with van der Waals surface area (Å²) in [5.74, 6) is 0.250. The van der Waals surface area contributed by atoms with Gasteiger partial charge in [0.25, 0.3) is 0 Å². The molecule has 1 heteroatoms. The predicted molar refractivity (Wildman–Crippen MR) is 64.9 cm³/mol. The van der Waals surface area contributed by atoms with Crippen molar-refractivity contribution in [3.63, 3.8) is 0 Å². The number of aryl methyl sites for hydroxylation is 2. The molecule has 0 amide bonds. The zero-order chi connectivity index (χ0) is 11.3. The van der Waals surface area contributed by atoms with E-state index >= 15 is 0 Å². The van der Waals surface area contributed by atoms with E-state index in [4.69, 9.17) is 0 Å². The maximum atomic E-state index is 10.7. The third-order valence-corrected chi connectivity index (χ3v) is 2.50. The maximum absolute atomic E-state index is 10.7. The highest BCUT2D eigenvalue weighted by atomic mass is 16.1. The van der Waals surface area contributed by atoms with Gasteiger partial charge in [-0.1, -0.05) is 30.4 Å². The molecular formula is C14H18O. The van der Waals surface area contributed by atoms with Crippen LogP contribution in [-0.4, -0.2) is 5.78 Å². The molecule has 0 unspecified atom stereocenters. The van der Waals surface area contributed by atoms with Gasteiger partial charge in [0.05, 0.1) is 0 Å². The molecule has 1 nitrogen and oxygen atoms in total. The monoisotopic (exact) mass is 202 g/mol. The fourth-order valence-electron chi connectivity index (χ4n) is 1.37. The summed E-state index contributed by atoms with van der Waals surface area (Å²) in [6.07, 6.45) is 5.62. The van der Waals surface area contributed by atoms with Gasteiger partial charge >= 0.3 is 0 Å². The zero-order valence-corrected chi connectivity index (χ0v) is 9.71. The zero-order valence-electron chi connectivity index (χ0n) is 9.71. The highest BCUT2D eigenvalue weighted by molar-refractivity contribution is 5.75. The first-order valence-electron chi connectivity index (χ1n) is 5.33. The Morgan fingerprint density at radius 3 is 2.60 bits per heavy atom. The minimum Gasteiger partial charge on any atom is -0.300 e. The van der Waals surface area contributed by atoms with Gasteiger partial charge < -0.3 is 4.79 Å². The topological polar surface area (TPSA) is 17.1 Å². The van der Waals surface area contributed by atoms with E-state index in [9.17, 15) is 4.79 Å². The van der Waals surface area contributed by atoms with Crippen LogP contribution in [0.4, 0.5) is 0 Å². The van der Waals surface area contributed by atoms with Crippen molar-refractivity contribution in [2.24, 2.45) is 0 Å². The van der Waals surface area contributed by atoms with Crippen LogP contribution in [0, 0.1) is 13.8 Å². The molecule has 0 bridgehead atoms. The first-order chi connectivity index (χ1) is 7.09. The number of allylic oxidation sites excluding steroid dienone is 1. The first kappa shape index (κ1) is 11.7. The fourth-order valence-corrected chi connectivity index (χ4v) is 1.37. The first-order valence-corrected chi connectivity index (χ1v) is 5.33. The van der Waals surface area contributed by atoms with Crippen molar-refractivity contribution in [3.8, 4) is 0 Å². The number of hydrogen-bond donors (Lipinski definition) is 0. The molecule has 1 aromatic carbocycles. The third kappa shape index (κ3) is 4.11. The Balaban J connectivity index is 2.57. The molecular weight excluding hydrogens is 184 g/mol. The lowest BCUT2D eigenvalue weighted by Crippen LogP contribution is -1.86. The molecule has 0 heterocycles. The average Bonchev–Trinajstić information content (AvgIpc) is 2.18. The fraction of sp³-hybridized carbons (Fsp3) is 0.357. The van der Waals surface area contributed by atoms with Crippen LogP contribution in [0.3, 0.4) is 0 Å². The van der Waals surface area contributed by atoms with Crippen molar-refractivity contribution in [3.05, 3.63) is 41.0 Å². The normalized spacial score (nSPS) is 10.9. The van der Waals surface area contributed by atoms with Crippen molar-refractivity contribution >= 4 is 11.9 Å². The summed E-state index contributed by atoms with van der Waals surface area (Å²) in [7, 11) is 0. The lowest BCUT2D eigenvalue weighted by Gasteiger charge is -2.00. The van der Waals surface area contributed by atoms with Crippen molar-refractivity contribution in [2.45, 2.75) is 33.6 Å². The van der Waals surface area contributed by atoms with Gasteiger partial charge in [0.15, 0.2) is 0 Å². The molecule has 0 aliphatic heterocycles. The summed E-state index contributed by atoms with van der Waals surface area (Å²) < 4.78 is 0. The van der Waals surface area contributed by atoms with E-state index < -0.39 is 0 Å². The molecule has 0 radical (unpaired) electrons. The lowest BCUT2D eigenvalue weighted by atomic mass is 10.1. The van der Waals surface area contributed by atoms with Crippen LogP contribution in [0.1, 0.15) is 36.5 Å². The van der Waals surface area contributed by atoms with Crippen LogP contribution in [0.5, 0.6) is 0 Å². The largest absolute Gasteiger partial charge is 0.300 e. The molecule has 80 valence electrons. The smallest absolute Gasteiger partial charge is 0.130 e. The van der Waals surface area contributed by atoms with Crippen molar-refractivity contribution in [1.29, 1.82) is 0 Å². The summed E-state index contributed by atoms with van der Waals surface area (Å²) in [6, 6.07) is 6.40. The molecule has 1 aromatic rings. The molecule has 0 fully saturated rings. The lowest BCUT2D eigenvalue weighted by molar-refractivity contribution is -0.116. The molecule has 1 rings (SSSR count). The second-order valence-corrected chi connectivity index (χ2v) is 3.99. The number of benzene rings is 1. The standard InChI is InChI=1S/C14H18O/c1-11-8-9-14(10-12(11)2)7-5-4-6-13(3)15/h5,7-10H,4,6H2,1-3H3/b7-5+. The Hall–Kier alpha value is -1.37. The Kier molecular flexibility index (Phi) is 4.29. The van der Waals surface area contributed by atoms with Gasteiger partial charge in [0, 0.05) is 6.42 Å². The van der Waals surface area contributed by atoms with E-state index in [-0.39, 0.29) is 5.78 Å². The molecule has 0 aliphatic rings. The van der Waals surface area contributed by atoms with Crippen molar-refractivity contribution in [2.75, 3.05) is 0 Å². The summed E-state index contributed by atoms with van der Waals surface area (Å²) in [4.78, 5) is 10.7. The molecule has 15 heavy (non-hydrogen) atoms. The minimum absolute atomic E-state index is 0.250.